The third-order valence-electron chi connectivity index (χ3n) is 7.86. The number of hydrogen-bond donors (Lipinski definition) is 3. The largest absolute Gasteiger partial charge is 0.462 e. The molecule has 10 heteroatoms. The molecule has 0 radical (unpaired) electrons. The van der Waals surface area contributed by atoms with E-state index in [4.69, 9.17) is 14.2 Å². The van der Waals surface area contributed by atoms with Crippen LogP contribution in [0.3, 0.4) is 0 Å². The van der Waals surface area contributed by atoms with Crippen LogP contribution in [0, 0.1) is 6.92 Å². The summed E-state index contributed by atoms with van der Waals surface area (Å²) in [7, 11) is 2.19. The Bertz CT molecular complexity index is 1460. The fourth-order valence-corrected chi connectivity index (χ4v) is 5.62. The summed E-state index contributed by atoms with van der Waals surface area (Å²) in [5.41, 5.74) is 4.11. The van der Waals surface area contributed by atoms with Gasteiger partial charge in [0.15, 0.2) is 11.5 Å². The molecule has 0 aliphatic carbocycles. The number of amides is 3. The predicted molar refractivity (Wildman–Crippen MR) is 162 cm³/mol. The van der Waals surface area contributed by atoms with E-state index in [1.807, 2.05) is 43.3 Å². The van der Waals surface area contributed by atoms with E-state index >= 15 is 0 Å². The van der Waals surface area contributed by atoms with Crippen molar-refractivity contribution in [3.63, 3.8) is 0 Å². The molecule has 226 valence electrons. The van der Waals surface area contributed by atoms with Crippen LogP contribution in [-0.2, 0) is 22.5 Å². The summed E-state index contributed by atoms with van der Waals surface area (Å²) in [6.07, 6.45) is 1.18. The maximum atomic E-state index is 13.6. The van der Waals surface area contributed by atoms with Gasteiger partial charge >= 0.3 is 12.0 Å². The number of likely N-dealkylation sites (N-methyl/N-ethyl adjacent to an activating group) is 1. The van der Waals surface area contributed by atoms with E-state index in [0.29, 0.717) is 17.7 Å². The lowest BCUT2D eigenvalue weighted by molar-refractivity contribution is -0.911. The van der Waals surface area contributed by atoms with Crippen LogP contribution >= 0.6 is 0 Å². The average Bonchev–Trinajstić information content (AvgIpc) is 3.60. The zero-order chi connectivity index (χ0) is 30.4. The number of esters is 1. The molecule has 2 aliphatic heterocycles. The highest BCUT2D eigenvalue weighted by Gasteiger charge is 2.37. The molecule has 3 amide bonds. The number of ether oxygens (including phenoxy) is 3. The highest BCUT2D eigenvalue weighted by atomic mass is 16.7. The first kappa shape index (κ1) is 29.9. The van der Waals surface area contributed by atoms with Crippen molar-refractivity contribution in [3.05, 3.63) is 89.0 Å². The lowest BCUT2D eigenvalue weighted by Crippen LogP contribution is -2.53. The lowest BCUT2D eigenvalue weighted by atomic mass is 10.0. The molecular weight excluding hydrogens is 548 g/mol. The summed E-state index contributed by atoms with van der Waals surface area (Å²) >= 11 is 0. The number of quaternary nitrogens is 1. The van der Waals surface area contributed by atoms with Gasteiger partial charge in [0.05, 0.1) is 38.3 Å². The standard InChI is InChI=1S/C33H38N4O6/c1-4-41-32(39)25-10-12-26(13-11-25)35-33(40)36-28(17-23-7-5-22(2)6-8-23)31(38)34-27-15-16-37(3,20-27)19-24-9-14-29-30(18-24)43-21-42-29/h5-14,18,27-28H,4,15-17,19-21H2,1-3H3,(H2-,34,35,36,38,39,40)/p+1/t27-,28-,37?/m0/s1. The normalized spacial score (nSPS) is 19.4. The number of hydrogen-bond acceptors (Lipinski definition) is 6. The Kier molecular flexibility index (Phi) is 9.16. The number of benzene rings is 3. The molecular formula is C33H39N4O6+. The monoisotopic (exact) mass is 587 g/mol. The molecule has 3 N–H and O–H groups in total. The smallest absolute Gasteiger partial charge is 0.338 e. The van der Waals surface area contributed by atoms with Gasteiger partial charge in [-0.1, -0.05) is 29.8 Å². The van der Waals surface area contributed by atoms with Crippen molar-refractivity contribution in [2.45, 2.75) is 45.3 Å². The van der Waals surface area contributed by atoms with Crippen molar-refractivity contribution < 1.29 is 33.1 Å². The molecule has 10 nitrogen and oxygen atoms in total. The van der Waals surface area contributed by atoms with E-state index in [9.17, 15) is 14.4 Å². The molecule has 1 unspecified atom stereocenters. The van der Waals surface area contributed by atoms with E-state index in [1.54, 1.807) is 31.2 Å². The van der Waals surface area contributed by atoms with Crippen LogP contribution in [-0.4, -0.2) is 68.0 Å². The van der Waals surface area contributed by atoms with Gasteiger partial charge in [0.2, 0.25) is 12.7 Å². The predicted octanol–water partition coefficient (Wildman–Crippen LogP) is 4.17. The first-order valence-corrected chi connectivity index (χ1v) is 14.6. The Balaban J connectivity index is 1.21. The summed E-state index contributed by atoms with van der Waals surface area (Å²) < 4.78 is 16.8. The molecule has 3 atom stereocenters. The first-order chi connectivity index (χ1) is 20.7. The number of aryl methyl sites for hydroxylation is 1. The summed E-state index contributed by atoms with van der Waals surface area (Å²) in [6, 6.07) is 19.1. The second kappa shape index (κ2) is 13.2. The van der Waals surface area contributed by atoms with E-state index in [0.717, 1.165) is 58.7 Å². The molecule has 5 rings (SSSR count). The molecule has 2 heterocycles. The van der Waals surface area contributed by atoms with Gasteiger partial charge in [0, 0.05) is 24.1 Å². The maximum Gasteiger partial charge on any atom is 0.338 e. The quantitative estimate of drug-likeness (QED) is 0.242. The molecule has 0 aromatic heterocycles. The first-order valence-electron chi connectivity index (χ1n) is 14.6. The van der Waals surface area contributed by atoms with Crippen LogP contribution in [0.2, 0.25) is 0 Å². The van der Waals surface area contributed by atoms with Gasteiger partial charge in [-0.2, -0.15) is 0 Å². The molecule has 1 fully saturated rings. The third kappa shape index (κ3) is 7.84. The zero-order valence-corrected chi connectivity index (χ0v) is 24.9. The van der Waals surface area contributed by atoms with Crippen molar-refractivity contribution in [2.75, 3.05) is 38.9 Å². The molecule has 2 aliphatic rings. The summed E-state index contributed by atoms with van der Waals surface area (Å²) in [6.45, 7) is 6.78. The Morgan fingerprint density at radius 1 is 0.977 bits per heavy atom. The number of anilines is 1. The molecule has 0 saturated carbocycles. The Morgan fingerprint density at radius 3 is 2.44 bits per heavy atom. The van der Waals surface area contributed by atoms with E-state index in [2.05, 4.69) is 29.1 Å². The minimum absolute atomic E-state index is 0.0210. The van der Waals surface area contributed by atoms with Gasteiger partial charge < -0.3 is 34.6 Å². The van der Waals surface area contributed by atoms with Gasteiger partial charge in [-0.3, -0.25) is 4.79 Å². The number of carbonyl (C=O) groups excluding carboxylic acids is 3. The van der Waals surface area contributed by atoms with Crippen LogP contribution in [0.5, 0.6) is 11.5 Å². The van der Waals surface area contributed by atoms with E-state index in [-0.39, 0.29) is 25.3 Å². The number of likely N-dealkylation sites (tertiary alicyclic amines) is 1. The van der Waals surface area contributed by atoms with Crippen LogP contribution in [0.4, 0.5) is 10.5 Å². The Morgan fingerprint density at radius 2 is 1.70 bits per heavy atom. The average molecular weight is 588 g/mol. The van der Waals surface area contributed by atoms with Crippen molar-refractivity contribution >= 4 is 23.6 Å². The van der Waals surface area contributed by atoms with Gasteiger partial charge in [0.25, 0.3) is 0 Å². The number of rotatable bonds is 10. The Labute approximate surface area is 251 Å². The minimum atomic E-state index is -0.783. The summed E-state index contributed by atoms with van der Waals surface area (Å²) in [4.78, 5) is 38.5. The van der Waals surface area contributed by atoms with Crippen molar-refractivity contribution in [1.82, 2.24) is 10.6 Å². The molecule has 3 aromatic rings. The maximum absolute atomic E-state index is 13.6. The Hall–Kier alpha value is -4.57. The van der Waals surface area contributed by atoms with Gasteiger partial charge in [-0.25, -0.2) is 9.59 Å². The number of nitrogens with one attached hydrogen (secondary N) is 3. The fraction of sp³-hybridized carbons (Fsp3) is 0.364. The second-order valence-electron chi connectivity index (χ2n) is 11.5. The van der Waals surface area contributed by atoms with Crippen LogP contribution in [0.15, 0.2) is 66.7 Å². The molecule has 43 heavy (non-hydrogen) atoms. The van der Waals surface area contributed by atoms with Gasteiger partial charge in [0.1, 0.15) is 12.6 Å². The van der Waals surface area contributed by atoms with Crippen LogP contribution < -0.4 is 25.4 Å². The lowest BCUT2D eigenvalue weighted by Gasteiger charge is -2.30. The zero-order valence-electron chi connectivity index (χ0n) is 24.9. The molecule has 0 spiro atoms. The van der Waals surface area contributed by atoms with Crippen molar-refractivity contribution in [3.8, 4) is 11.5 Å². The fourth-order valence-electron chi connectivity index (χ4n) is 5.62. The topological polar surface area (TPSA) is 115 Å². The summed E-state index contributed by atoms with van der Waals surface area (Å²) in [5.74, 6) is 0.884. The van der Waals surface area contributed by atoms with Crippen molar-refractivity contribution in [1.29, 1.82) is 0 Å². The second-order valence-corrected chi connectivity index (χ2v) is 11.5. The number of fused-ring (bicyclic) bond motifs is 1. The molecule has 0 bridgehead atoms. The summed E-state index contributed by atoms with van der Waals surface area (Å²) in [5, 5.41) is 8.83. The SMILES string of the molecule is CCOC(=O)c1ccc(NC(=O)N[C@@H](Cc2ccc(C)cc2)C(=O)N[C@H]2CC[N+](C)(Cc3ccc4c(c3)OCO4)C2)cc1. The van der Waals surface area contributed by atoms with Gasteiger partial charge in [-0.05, 0) is 61.9 Å². The highest BCUT2D eigenvalue weighted by molar-refractivity contribution is 5.95. The minimum Gasteiger partial charge on any atom is -0.462 e. The number of urea groups is 1. The van der Waals surface area contributed by atoms with E-state index in [1.165, 1.54) is 0 Å². The molecule has 3 aromatic carbocycles. The molecule has 1 saturated heterocycles. The number of nitrogens with zero attached hydrogens (tertiary/aromatic N) is 1. The highest BCUT2D eigenvalue weighted by Crippen LogP contribution is 2.34. The van der Waals surface area contributed by atoms with Crippen molar-refractivity contribution in [2.24, 2.45) is 0 Å². The number of carbonyl (C=O) groups is 3. The van der Waals surface area contributed by atoms with Crippen LogP contribution in [0.1, 0.15) is 40.4 Å². The third-order valence-corrected chi connectivity index (χ3v) is 7.86. The van der Waals surface area contributed by atoms with Crippen LogP contribution in [0.25, 0.3) is 0 Å². The van der Waals surface area contributed by atoms with E-state index < -0.39 is 18.0 Å². The van der Waals surface area contributed by atoms with Gasteiger partial charge in [-0.15, -0.1) is 0 Å².